The summed E-state index contributed by atoms with van der Waals surface area (Å²) in [4.78, 5) is 4.52. The van der Waals surface area contributed by atoms with Crippen LogP contribution in [0.25, 0.3) is 0 Å². The quantitative estimate of drug-likeness (QED) is 0.654. The number of nitrogens with one attached hydrogen (secondary N) is 1. The van der Waals surface area contributed by atoms with Crippen LogP contribution in [0.1, 0.15) is 70.7 Å². The summed E-state index contributed by atoms with van der Waals surface area (Å²) in [6.07, 6.45) is 9.66. The minimum Gasteiger partial charge on any atom is -0.353 e. The van der Waals surface area contributed by atoms with E-state index in [4.69, 9.17) is 0 Å². The van der Waals surface area contributed by atoms with Gasteiger partial charge in [-0.3, -0.25) is 0 Å². The van der Waals surface area contributed by atoms with Crippen molar-refractivity contribution in [1.82, 2.24) is 15.2 Å². The van der Waals surface area contributed by atoms with E-state index in [1.54, 1.807) is 0 Å². The molecule has 0 spiro atoms. The van der Waals surface area contributed by atoms with Crippen LogP contribution in [0.4, 0.5) is 5.95 Å². The van der Waals surface area contributed by atoms with Crippen LogP contribution in [0.2, 0.25) is 0 Å². The van der Waals surface area contributed by atoms with Gasteiger partial charge in [0.25, 0.3) is 0 Å². The van der Waals surface area contributed by atoms with Crippen LogP contribution in [-0.4, -0.2) is 21.7 Å². The third-order valence-electron chi connectivity index (χ3n) is 3.32. The summed E-state index contributed by atoms with van der Waals surface area (Å²) in [7, 11) is 0. The van der Waals surface area contributed by atoms with Crippen LogP contribution in [0.3, 0.4) is 0 Å². The van der Waals surface area contributed by atoms with Gasteiger partial charge in [0.1, 0.15) is 0 Å². The number of hydrogen-bond donors (Lipinski definition) is 1. The molecule has 0 aromatic carbocycles. The molecule has 0 radical (unpaired) electrons. The van der Waals surface area contributed by atoms with Gasteiger partial charge in [0.15, 0.2) is 0 Å². The van der Waals surface area contributed by atoms with Gasteiger partial charge in [0.2, 0.25) is 5.95 Å². The van der Waals surface area contributed by atoms with Crippen molar-refractivity contribution in [3.8, 4) is 0 Å². The Kier molecular flexibility index (Phi) is 8.10. The van der Waals surface area contributed by atoms with Crippen molar-refractivity contribution in [2.45, 2.75) is 72.1 Å². The molecule has 4 heteroatoms. The van der Waals surface area contributed by atoms with E-state index in [-0.39, 0.29) is 0 Å². The van der Waals surface area contributed by atoms with Crippen LogP contribution >= 0.6 is 0 Å². The maximum atomic E-state index is 4.52. The predicted octanol–water partition coefficient (Wildman–Crippen LogP) is 3.77. The average molecular weight is 264 g/mol. The Hall–Kier alpha value is -1.19. The first-order valence-corrected chi connectivity index (χ1v) is 7.78. The highest BCUT2D eigenvalue weighted by molar-refractivity contribution is 5.25. The van der Waals surface area contributed by atoms with E-state index < -0.39 is 0 Å². The first-order valence-electron chi connectivity index (χ1n) is 7.78. The zero-order valence-corrected chi connectivity index (χ0v) is 12.7. The van der Waals surface area contributed by atoms with Crippen molar-refractivity contribution in [3.63, 3.8) is 0 Å². The van der Waals surface area contributed by atoms with Gasteiger partial charge in [-0.15, -0.1) is 5.10 Å². The van der Waals surface area contributed by atoms with Gasteiger partial charge in [-0.2, -0.15) is 5.10 Å². The molecule has 1 N–H and O–H groups in total. The van der Waals surface area contributed by atoms with Crippen molar-refractivity contribution >= 4 is 5.95 Å². The van der Waals surface area contributed by atoms with Crippen LogP contribution in [0, 0.1) is 0 Å². The fourth-order valence-corrected chi connectivity index (χ4v) is 2.12. The SMILES string of the molecule is CCCCCCCCNc1nnc(CC)c(CC)n1. The number of rotatable bonds is 10. The molecule has 108 valence electrons. The topological polar surface area (TPSA) is 50.7 Å². The number of hydrogen-bond acceptors (Lipinski definition) is 4. The highest BCUT2D eigenvalue weighted by Gasteiger charge is 2.05. The van der Waals surface area contributed by atoms with Crippen LogP contribution < -0.4 is 5.32 Å². The smallest absolute Gasteiger partial charge is 0.242 e. The van der Waals surface area contributed by atoms with E-state index in [1.165, 1.54) is 38.5 Å². The van der Waals surface area contributed by atoms with E-state index in [0.717, 1.165) is 30.8 Å². The average Bonchev–Trinajstić information content (AvgIpc) is 2.46. The van der Waals surface area contributed by atoms with Crippen molar-refractivity contribution < 1.29 is 0 Å². The van der Waals surface area contributed by atoms with E-state index in [0.29, 0.717) is 5.95 Å². The number of anilines is 1. The number of nitrogens with zero attached hydrogens (tertiary/aromatic N) is 3. The van der Waals surface area contributed by atoms with Crippen molar-refractivity contribution in [3.05, 3.63) is 11.4 Å². The molecule has 0 aliphatic carbocycles. The molecule has 1 aromatic heterocycles. The molecule has 0 aliphatic rings. The third kappa shape index (κ3) is 5.99. The van der Waals surface area contributed by atoms with Gasteiger partial charge in [-0.05, 0) is 19.3 Å². The van der Waals surface area contributed by atoms with Crippen LogP contribution in [0.15, 0.2) is 0 Å². The van der Waals surface area contributed by atoms with Gasteiger partial charge in [0.05, 0.1) is 11.4 Å². The summed E-state index contributed by atoms with van der Waals surface area (Å²) >= 11 is 0. The molecule has 0 fully saturated rings. The molecule has 0 atom stereocenters. The van der Waals surface area contributed by atoms with Crippen LogP contribution in [-0.2, 0) is 12.8 Å². The summed E-state index contributed by atoms with van der Waals surface area (Å²) in [6, 6.07) is 0. The molecule has 0 aliphatic heterocycles. The van der Waals surface area contributed by atoms with Crippen molar-refractivity contribution in [2.24, 2.45) is 0 Å². The maximum Gasteiger partial charge on any atom is 0.242 e. The standard InChI is InChI=1S/C15H28N4/c1-4-7-8-9-10-11-12-16-15-17-13(5-2)14(6-3)18-19-15/h4-12H2,1-3H3,(H,16,17,19). The molecule has 19 heavy (non-hydrogen) atoms. The Morgan fingerprint density at radius 3 is 2.16 bits per heavy atom. The highest BCUT2D eigenvalue weighted by atomic mass is 15.2. The lowest BCUT2D eigenvalue weighted by Gasteiger charge is -2.07. The number of unbranched alkanes of at least 4 members (excludes halogenated alkanes) is 5. The second kappa shape index (κ2) is 9.70. The summed E-state index contributed by atoms with van der Waals surface area (Å²) in [5.41, 5.74) is 2.09. The predicted molar refractivity (Wildman–Crippen MR) is 80.4 cm³/mol. The normalized spacial score (nSPS) is 10.7. The molecule has 1 heterocycles. The minimum absolute atomic E-state index is 0.683. The Labute approximate surface area is 117 Å². The van der Waals surface area contributed by atoms with Gasteiger partial charge < -0.3 is 5.32 Å². The van der Waals surface area contributed by atoms with Crippen molar-refractivity contribution in [2.75, 3.05) is 11.9 Å². The second-order valence-corrected chi connectivity index (χ2v) is 4.93. The van der Waals surface area contributed by atoms with Gasteiger partial charge in [-0.1, -0.05) is 52.9 Å². The lowest BCUT2D eigenvalue weighted by Crippen LogP contribution is -2.10. The van der Waals surface area contributed by atoms with Crippen LogP contribution in [0.5, 0.6) is 0 Å². The van der Waals surface area contributed by atoms with E-state index in [1.807, 2.05) is 0 Å². The minimum atomic E-state index is 0.683. The fraction of sp³-hybridized carbons (Fsp3) is 0.800. The van der Waals surface area contributed by atoms with E-state index in [2.05, 4.69) is 41.3 Å². The molecule has 0 saturated carbocycles. The zero-order chi connectivity index (χ0) is 13.9. The molecule has 0 saturated heterocycles. The largest absolute Gasteiger partial charge is 0.353 e. The lowest BCUT2D eigenvalue weighted by molar-refractivity contribution is 0.616. The molecule has 0 unspecified atom stereocenters. The van der Waals surface area contributed by atoms with Gasteiger partial charge in [-0.25, -0.2) is 4.98 Å². The Morgan fingerprint density at radius 2 is 1.47 bits per heavy atom. The number of aryl methyl sites for hydroxylation is 2. The van der Waals surface area contributed by atoms with Crippen molar-refractivity contribution in [1.29, 1.82) is 0 Å². The zero-order valence-electron chi connectivity index (χ0n) is 12.7. The first-order chi connectivity index (χ1) is 9.31. The fourth-order valence-electron chi connectivity index (χ4n) is 2.12. The summed E-state index contributed by atoms with van der Waals surface area (Å²) in [5, 5.41) is 11.6. The molecular formula is C15H28N4. The maximum absolute atomic E-state index is 4.52. The lowest BCUT2D eigenvalue weighted by atomic mass is 10.1. The first kappa shape index (κ1) is 15.9. The summed E-state index contributed by atoms with van der Waals surface area (Å²) in [6.45, 7) is 7.40. The third-order valence-corrected chi connectivity index (χ3v) is 3.32. The van der Waals surface area contributed by atoms with Gasteiger partial charge in [0, 0.05) is 6.54 Å². The molecule has 1 aromatic rings. The monoisotopic (exact) mass is 264 g/mol. The molecule has 4 nitrogen and oxygen atoms in total. The Balaban J connectivity index is 2.26. The molecular weight excluding hydrogens is 236 g/mol. The Bertz CT molecular complexity index is 352. The van der Waals surface area contributed by atoms with Gasteiger partial charge >= 0.3 is 0 Å². The number of aromatic nitrogens is 3. The second-order valence-electron chi connectivity index (χ2n) is 4.93. The molecule has 1 rings (SSSR count). The highest BCUT2D eigenvalue weighted by Crippen LogP contribution is 2.08. The Morgan fingerprint density at radius 1 is 0.789 bits per heavy atom. The van der Waals surface area contributed by atoms with E-state index in [9.17, 15) is 0 Å². The summed E-state index contributed by atoms with van der Waals surface area (Å²) in [5.74, 6) is 0.683. The summed E-state index contributed by atoms with van der Waals surface area (Å²) < 4.78 is 0. The molecule has 0 bridgehead atoms. The van der Waals surface area contributed by atoms with E-state index >= 15 is 0 Å². The molecule has 0 amide bonds.